The average Bonchev–Trinajstić information content (AvgIpc) is 3.09. The van der Waals surface area contributed by atoms with E-state index >= 15 is 0 Å². The predicted octanol–water partition coefficient (Wildman–Crippen LogP) is 4.88. The van der Waals surface area contributed by atoms with Crippen LogP contribution < -0.4 is 5.32 Å². The van der Waals surface area contributed by atoms with Gasteiger partial charge in [-0.15, -0.1) is 11.8 Å². The van der Waals surface area contributed by atoms with Gasteiger partial charge in [-0.3, -0.25) is 4.79 Å². The first-order valence-corrected chi connectivity index (χ1v) is 9.26. The topological polar surface area (TPSA) is 42.2 Å². The van der Waals surface area contributed by atoms with Gasteiger partial charge in [0.25, 0.3) is 5.91 Å². The first-order chi connectivity index (χ1) is 11.2. The maximum atomic E-state index is 12.6. The van der Waals surface area contributed by atoms with Gasteiger partial charge in [-0.2, -0.15) is 0 Å². The number of hydrogen-bond donors (Lipinski definition) is 1. The highest BCUT2D eigenvalue weighted by atomic mass is 32.2. The molecule has 3 rings (SSSR count). The maximum Gasteiger partial charge on any atom is 0.252 e. The van der Waals surface area contributed by atoms with E-state index in [4.69, 9.17) is 4.42 Å². The number of benzene rings is 1. The summed E-state index contributed by atoms with van der Waals surface area (Å²) >= 11 is 1.64. The Morgan fingerprint density at radius 1 is 1.17 bits per heavy atom. The van der Waals surface area contributed by atoms with Gasteiger partial charge in [0.15, 0.2) is 0 Å². The first kappa shape index (κ1) is 16.2. The zero-order valence-electron chi connectivity index (χ0n) is 13.5. The van der Waals surface area contributed by atoms with E-state index in [1.54, 1.807) is 18.0 Å². The molecule has 1 heterocycles. The van der Waals surface area contributed by atoms with Gasteiger partial charge in [-0.25, -0.2) is 0 Å². The molecule has 23 heavy (non-hydrogen) atoms. The fourth-order valence-corrected chi connectivity index (χ4v) is 3.94. The smallest absolute Gasteiger partial charge is 0.252 e. The van der Waals surface area contributed by atoms with Gasteiger partial charge < -0.3 is 9.73 Å². The molecular formula is C19H23NO2S. The lowest BCUT2D eigenvalue weighted by molar-refractivity contribution is 0.0920. The molecule has 0 unspecified atom stereocenters. The van der Waals surface area contributed by atoms with Crippen molar-refractivity contribution in [3.05, 3.63) is 54.0 Å². The second-order valence-electron chi connectivity index (χ2n) is 6.29. The summed E-state index contributed by atoms with van der Waals surface area (Å²) in [6, 6.07) is 12.0. The van der Waals surface area contributed by atoms with Crippen LogP contribution in [0.4, 0.5) is 0 Å². The highest BCUT2D eigenvalue weighted by Gasteiger charge is 2.21. The fourth-order valence-electron chi connectivity index (χ4n) is 2.99. The highest BCUT2D eigenvalue weighted by molar-refractivity contribution is 7.98. The van der Waals surface area contributed by atoms with Gasteiger partial charge >= 0.3 is 0 Å². The Morgan fingerprint density at radius 3 is 2.70 bits per heavy atom. The van der Waals surface area contributed by atoms with Crippen LogP contribution in [0, 0.1) is 5.92 Å². The SMILES string of the molecule is CC1CCC(NC(=O)c2ccccc2SCc2ccco2)CC1. The minimum atomic E-state index is 0.0482. The van der Waals surface area contributed by atoms with E-state index in [1.807, 2.05) is 36.4 Å². The van der Waals surface area contributed by atoms with E-state index in [9.17, 15) is 4.79 Å². The summed E-state index contributed by atoms with van der Waals surface area (Å²) in [6.45, 7) is 2.29. The maximum absolute atomic E-state index is 12.6. The molecule has 4 heteroatoms. The average molecular weight is 329 g/mol. The number of hydrogen-bond acceptors (Lipinski definition) is 3. The number of carbonyl (C=O) groups excluding carboxylic acids is 1. The van der Waals surface area contributed by atoms with E-state index in [1.165, 1.54) is 12.8 Å². The molecule has 0 bridgehead atoms. The molecule has 0 radical (unpaired) electrons. The van der Waals surface area contributed by atoms with Gasteiger partial charge in [0.05, 0.1) is 17.6 Å². The third kappa shape index (κ3) is 4.41. The van der Waals surface area contributed by atoms with Crippen LogP contribution in [-0.2, 0) is 5.75 Å². The monoisotopic (exact) mass is 329 g/mol. The van der Waals surface area contributed by atoms with Crippen molar-refractivity contribution in [2.24, 2.45) is 5.92 Å². The minimum absolute atomic E-state index is 0.0482. The summed E-state index contributed by atoms with van der Waals surface area (Å²) in [7, 11) is 0. The lowest BCUT2D eigenvalue weighted by Crippen LogP contribution is -2.37. The van der Waals surface area contributed by atoms with E-state index < -0.39 is 0 Å². The van der Waals surface area contributed by atoms with Crippen molar-refractivity contribution in [3.63, 3.8) is 0 Å². The zero-order chi connectivity index (χ0) is 16.1. The molecule has 0 spiro atoms. The molecule has 3 nitrogen and oxygen atoms in total. The van der Waals surface area contributed by atoms with Gasteiger partial charge in [0.2, 0.25) is 0 Å². The molecule has 0 aliphatic heterocycles. The van der Waals surface area contributed by atoms with Crippen LogP contribution in [0.2, 0.25) is 0 Å². The summed E-state index contributed by atoms with van der Waals surface area (Å²) < 4.78 is 5.37. The fraction of sp³-hybridized carbons (Fsp3) is 0.421. The van der Waals surface area contributed by atoms with Gasteiger partial charge in [0.1, 0.15) is 5.76 Å². The van der Waals surface area contributed by atoms with Crippen molar-refractivity contribution >= 4 is 17.7 Å². The normalized spacial score (nSPS) is 21.1. The van der Waals surface area contributed by atoms with Crippen molar-refractivity contribution < 1.29 is 9.21 Å². The number of nitrogens with one attached hydrogen (secondary N) is 1. The highest BCUT2D eigenvalue weighted by Crippen LogP contribution is 2.28. The minimum Gasteiger partial charge on any atom is -0.468 e. The van der Waals surface area contributed by atoms with E-state index in [-0.39, 0.29) is 5.91 Å². The lowest BCUT2D eigenvalue weighted by atomic mass is 9.87. The Balaban J connectivity index is 1.63. The van der Waals surface area contributed by atoms with Crippen molar-refractivity contribution in [3.8, 4) is 0 Å². The van der Waals surface area contributed by atoms with Crippen molar-refractivity contribution in [2.45, 2.75) is 49.3 Å². The predicted molar refractivity (Wildman–Crippen MR) is 93.6 cm³/mol. The Labute approximate surface area is 141 Å². The van der Waals surface area contributed by atoms with Crippen molar-refractivity contribution in [2.75, 3.05) is 0 Å². The van der Waals surface area contributed by atoms with Crippen LogP contribution in [0.15, 0.2) is 52.0 Å². The number of carbonyl (C=O) groups is 1. The molecule has 1 fully saturated rings. The number of amides is 1. The summed E-state index contributed by atoms with van der Waals surface area (Å²) in [5.41, 5.74) is 0.766. The Kier molecular flexibility index (Phi) is 5.44. The molecule has 1 aliphatic rings. The molecule has 1 aromatic carbocycles. The second-order valence-corrected chi connectivity index (χ2v) is 7.31. The Bertz CT molecular complexity index is 631. The Morgan fingerprint density at radius 2 is 1.96 bits per heavy atom. The molecule has 0 atom stereocenters. The molecule has 1 aromatic heterocycles. The Hall–Kier alpha value is -1.68. The van der Waals surface area contributed by atoms with Crippen molar-refractivity contribution in [1.29, 1.82) is 0 Å². The largest absolute Gasteiger partial charge is 0.468 e. The number of furan rings is 1. The van der Waals surface area contributed by atoms with Crippen LogP contribution in [0.5, 0.6) is 0 Å². The molecule has 2 aromatic rings. The van der Waals surface area contributed by atoms with Crippen LogP contribution in [0.25, 0.3) is 0 Å². The number of rotatable bonds is 5. The lowest BCUT2D eigenvalue weighted by Gasteiger charge is -2.27. The summed E-state index contributed by atoms with van der Waals surface area (Å²) in [5.74, 6) is 2.50. The molecular weight excluding hydrogens is 306 g/mol. The summed E-state index contributed by atoms with van der Waals surface area (Å²) in [4.78, 5) is 13.6. The molecule has 1 N–H and O–H groups in total. The second kappa shape index (κ2) is 7.73. The van der Waals surface area contributed by atoms with E-state index in [0.717, 1.165) is 40.7 Å². The molecule has 122 valence electrons. The van der Waals surface area contributed by atoms with Gasteiger partial charge in [0, 0.05) is 10.9 Å². The van der Waals surface area contributed by atoms with Crippen LogP contribution in [0.3, 0.4) is 0 Å². The molecule has 1 saturated carbocycles. The van der Waals surface area contributed by atoms with E-state index in [2.05, 4.69) is 12.2 Å². The van der Waals surface area contributed by atoms with Crippen LogP contribution in [-0.4, -0.2) is 11.9 Å². The third-order valence-corrected chi connectivity index (χ3v) is 5.53. The molecule has 0 saturated heterocycles. The van der Waals surface area contributed by atoms with Crippen molar-refractivity contribution in [1.82, 2.24) is 5.32 Å². The van der Waals surface area contributed by atoms with E-state index in [0.29, 0.717) is 6.04 Å². The first-order valence-electron chi connectivity index (χ1n) is 8.27. The van der Waals surface area contributed by atoms with Crippen LogP contribution >= 0.6 is 11.8 Å². The van der Waals surface area contributed by atoms with Gasteiger partial charge in [-0.1, -0.05) is 19.1 Å². The summed E-state index contributed by atoms with van der Waals surface area (Å²) in [6.07, 6.45) is 6.28. The van der Waals surface area contributed by atoms with Crippen LogP contribution in [0.1, 0.15) is 48.7 Å². The quantitative estimate of drug-likeness (QED) is 0.795. The molecule has 1 aliphatic carbocycles. The zero-order valence-corrected chi connectivity index (χ0v) is 14.3. The summed E-state index contributed by atoms with van der Waals surface area (Å²) in [5, 5.41) is 3.21. The third-order valence-electron chi connectivity index (χ3n) is 4.43. The standard InChI is InChI=1S/C19H23NO2S/c1-14-8-10-15(11-9-14)20-19(21)17-6-2-3-7-18(17)23-13-16-5-4-12-22-16/h2-7,12,14-15H,8-11,13H2,1H3,(H,20,21). The number of thioether (sulfide) groups is 1. The molecule has 1 amide bonds. The van der Waals surface area contributed by atoms with Gasteiger partial charge in [-0.05, 0) is 55.9 Å².